The van der Waals surface area contributed by atoms with Crippen LogP contribution in [-0.4, -0.2) is 17.8 Å². The van der Waals surface area contributed by atoms with Crippen molar-refractivity contribution in [1.82, 2.24) is 0 Å². The van der Waals surface area contributed by atoms with Crippen LogP contribution in [0.1, 0.15) is 64.5 Å². The minimum Gasteiger partial charge on any atom is -0.428 e. The highest BCUT2D eigenvalue weighted by atomic mass is 79.9. The van der Waals surface area contributed by atoms with Crippen molar-refractivity contribution < 1.29 is 4.65 Å². The molecule has 1 spiro atoms. The van der Waals surface area contributed by atoms with Gasteiger partial charge in [0.2, 0.25) is 0 Å². The van der Waals surface area contributed by atoms with Gasteiger partial charge in [-0.1, -0.05) is 39.9 Å². The Labute approximate surface area is 149 Å². The molecule has 0 heterocycles. The molecule has 22 heavy (non-hydrogen) atoms. The summed E-state index contributed by atoms with van der Waals surface area (Å²) in [7, 11) is 0.649. The molecule has 1 nitrogen and oxygen atoms in total. The Bertz CT molecular complexity index is 587. The summed E-state index contributed by atoms with van der Waals surface area (Å²) < 4.78 is 7.32. The number of hydrogen-bond donors (Lipinski definition) is 1. The summed E-state index contributed by atoms with van der Waals surface area (Å²) in [5.41, 5.74) is 4.64. The van der Waals surface area contributed by atoms with Crippen molar-refractivity contribution in [1.29, 1.82) is 0 Å². The molecule has 0 aliphatic heterocycles. The predicted octanol–water partition coefficient (Wildman–Crippen LogP) is 4.30. The van der Waals surface area contributed by atoms with E-state index < -0.39 is 0 Å². The van der Waals surface area contributed by atoms with Crippen molar-refractivity contribution in [3.63, 3.8) is 0 Å². The van der Waals surface area contributed by atoms with Crippen LogP contribution in [0, 0.1) is 0 Å². The molecule has 1 aromatic carbocycles. The Morgan fingerprint density at radius 3 is 2.41 bits per heavy atom. The summed E-state index contributed by atoms with van der Waals surface area (Å²) >= 11 is 8.51. The standard InChI is InChI=1S/C18H26BBrOS/c1-16(2,17(3,4)22)21-19-13-10-12-6-9-18(7-5-8-18)15(12)14(20)11-13/h10-11,19,22H,5-9H2,1-4H3. The third-order valence-electron chi connectivity index (χ3n) is 6.02. The van der Waals surface area contributed by atoms with E-state index in [4.69, 9.17) is 4.65 Å². The number of halogens is 1. The first-order chi connectivity index (χ1) is 10.1. The summed E-state index contributed by atoms with van der Waals surface area (Å²) in [6.45, 7) is 8.45. The highest BCUT2D eigenvalue weighted by molar-refractivity contribution is 9.10. The lowest BCUT2D eigenvalue weighted by Crippen LogP contribution is -2.45. The van der Waals surface area contributed by atoms with Crippen molar-refractivity contribution in [2.75, 3.05) is 0 Å². The second-order valence-corrected chi connectivity index (χ2v) is 10.1. The van der Waals surface area contributed by atoms with Crippen LogP contribution < -0.4 is 5.46 Å². The smallest absolute Gasteiger partial charge is 0.309 e. The average molecular weight is 381 g/mol. The number of aryl methyl sites for hydroxylation is 1. The van der Waals surface area contributed by atoms with E-state index in [0.717, 1.165) is 0 Å². The zero-order valence-corrected chi connectivity index (χ0v) is 16.6. The first-order valence-corrected chi connectivity index (χ1v) is 9.57. The van der Waals surface area contributed by atoms with Gasteiger partial charge < -0.3 is 4.65 Å². The average Bonchev–Trinajstić information content (AvgIpc) is 2.75. The van der Waals surface area contributed by atoms with Gasteiger partial charge in [-0.05, 0) is 69.9 Å². The van der Waals surface area contributed by atoms with E-state index in [1.807, 2.05) is 0 Å². The monoisotopic (exact) mass is 380 g/mol. The molecule has 1 aromatic rings. The molecule has 2 aliphatic carbocycles. The van der Waals surface area contributed by atoms with Gasteiger partial charge in [0.05, 0.1) is 5.60 Å². The predicted molar refractivity (Wildman–Crippen MR) is 103 cm³/mol. The number of benzene rings is 1. The molecule has 2 aliphatic rings. The van der Waals surface area contributed by atoms with Crippen LogP contribution in [0.5, 0.6) is 0 Å². The Morgan fingerprint density at radius 2 is 1.86 bits per heavy atom. The topological polar surface area (TPSA) is 9.23 Å². The molecule has 1 fully saturated rings. The number of thiol groups is 1. The maximum absolute atomic E-state index is 6.19. The second-order valence-electron chi connectivity index (χ2n) is 8.10. The van der Waals surface area contributed by atoms with Crippen LogP contribution in [0.15, 0.2) is 16.6 Å². The van der Waals surface area contributed by atoms with Gasteiger partial charge in [0, 0.05) is 9.22 Å². The fraction of sp³-hybridized carbons (Fsp3) is 0.667. The molecular weight excluding hydrogens is 355 g/mol. The van der Waals surface area contributed by atoms with Gasteiger partial charge in [-0.3, -0.25) is 0 Å². The van der Waals surface area contributed by atoms with Gasteiger partial charge in [-0.15, -0.1) is 0 Å². The van der Waals surface area contributed by atoms with Crippen LogP contribution in [-0.2, 0) is 16.5 Å². The van der Waals surface area contributed by atoms with E-state index in [-0.39, 0.29) is 10.3 Å². The van der Waals surface area contributed by atoms with Gasteiger partial charge in [0.25, 0.3) is 0 Å². The highest BCUT2D eigenvalue weighted by Crippen LogP contribution is 2.54. The summed E-state index contributed by atoms with van der Waals surface area (Å²) in [5.74, 6) is 0. The summed E-state index contributed by atoms with van der Waals surface area (Å²) in [5, 5.41) is 0. The van der Waals surface area contributed by atoms with Crippen LogP contribution in [0.3, 0.4) is 0 Å². The molecule has 0 unspecified atom stereocenters. The number of fused-ring (bicyclic) bond motifs is 2. The molecule has 0 N–H and O–H groups in total. The zero-order valence-electron chi connectivity index (χ0n) is 14.1. The van der Waals surface area contributed by atoms with E-state index in [2.05, 4.69) is 68.4 Å². The largest absolute Gasteiger partial charge is 0.428 e. The molecule has 120 valence electrons. The van der Waals surface area contributed by atoms with E-state index in [9.17, 15) is 0 Å². The normalized spacial score (nSPS) is 19.9. The first-order valence-electron chi connectivity index (χ1n) is 8.33. The van der Waals surface area contributed by atoms with Gasteiger partial charge in [0.15, 0.2) is 0 Å². The minimum absolute atomic E-state index is 0.170. The van der Waals surface area contributed by atoms with E-state index in [1.54, 1.807) is 5.56 Å². The molecule has 0 saturated heterocycles. The van der Waals surface area contributed by atoms with E-state index in [0.29, 0.717) is 12.9 Å². The van der Waals surface area contributed by atoms with Crippen LogP contribution in [0.2, 0.25) is 0 Å². The Hall–Kier alpha value is 0.0749. The van der Waals surface area contributed by atoms with Gasteiger partial charge >= 0.3 is 7.48 Å². The third-order valence-corrected chi connectivity index (χ3v) is 7.18. The maximum atomic E-state index is 6.19. The van der Waals surface area contributed by atoms with Gasteiger partial charge in [0.1, 0.15) is 0 Å². The SMILES string of the molecule is CC(C)(S)C(C)(C)OBc1cc(Br)c2c(c1)CCC21CCC1. The van der Waals surface area contributed by atoms with Gasteiger partial charge in [-0.25, -0.2) is 0 Å². The molecule has 0 bridgehead atoms. The lowest BCUT2D eigenvalue weighted by Gasteiger charge is -2.40. The van der Waals surface area contributed by atoms with Crippen molar-refractivity contribution in [3.8, 4) is 0 Å². The fourth-order valence-corrected chi connectivity index (χ4v) is 4.68. The zero-order chi connectivity index (χ0) is 16.2. The summed E-state index contributed by atoms with van der Waals surface area (Å²) in [4.78, 5) is 0. The van der Waals surface area contributed by atoms with Crippen molar-refractivity contribution in [2.45, 2.75) is 75.6 Å². The van der Waals surface area contributed by atoms with E-state index >= 15 is 0 Å². The van der Waals surface area contributed by atoms with Crippen LogP contribution in [0.4, 0.5) is 0 Å². The third kappa shape index (κ3) is 2.80. The van der Waals surface area contributed by atoms with E-state index in [1.165, 1.54) is 47.6 Å². The Balaban J connectivity index is 1.79. The Kier molecular flexibility index (Phi) is 4.28. The molecule has 4 heteroatoms. The lowest BCUT2D eigenvalue weighted by atomic mass is 9.65. The maximum Gasteiger partial charge on any atom is 0.309 e. The Morgan fingerprint density at radius 1 is 1.18 bits per heavy atom. The molecule has 0 amide bonds. The lowest BCUT2D eigenvalue weighted by molar-refractivity contribution is 0.0854. The quantitative estimate of drug-likeness (QED) is 0.605. The number of rotatable bonds is 4. The summed E-state index contributed by atoms with van der Waals surface area (Å²) in [6.07, 6.45) is 6.69. The number of hydrogen-bond acceptors (Lipinski definition) is 2. The van der Waals surface area contributed by atoms with Crippen molar-refractivity contribution >= 4 is 41.5 Å². The van der Waals surface area contributed by atoms with Crippen molar-refractivity contribution in [2.24, 2.45) is 0 Å². The molecule has 0 radical (unpaired) electrons. The molecule has 0 aromatic heterocycles. The van der Waals surface area contributed by atoms with Crippen LogP contribution >= 0.6 is 28.6 Å². The highest BCUT2D eigenvalue weighted by Gasteiger charge is 2.44. The van der Waals surface area contributed by atoms with Crippen molar-refractivity contribution in [3.05, 3.63) is 27.7 Å². The molecule has 1 saturated carbocycles. The fourth-order valence-electron chi connectivity index (χ4n) is 3.64. The van der Waals surface area contributed by atoms with Crippen LogP contribution in [0.25, 0.3) is 0 Å². The summed E-state index contributed by atoms with van der Waals surface area (Å²) in [6, 6.07) is 4.64. The molecule has 0 atom stereocenters. The molecular formula is C18H26BBrOS. The molecule has 3 rings (SSSR count). The minimum atomic E-state index is -0.267. The van der Waals surface area contributed by atoms with Gasteiger partial charge in [-0.2, -0.15) is 12.6 Å². The first kappa shape index (κ1) is 16.9. The second kappa shape index (κ2) is 5.56.